The average molecular weight is 488 g/mol. The van der Waals surface area contributed by atoms with E-state index in [0.717, 1.165) is 49.1 Å². The number of urea groups is 1. The quantitative estimate of drug-likeness (QED) is 0.259. The lowest BCUT2D eigenvalue weighted by Crippen LogP contribution is -2.31. The molecule has 0 aliphatic rings. The van der Waals surface area contributed by atoms with Gasteiger partial charge >= 0.3 is 12.0 Å². The standard InChI is InChI=1S/C26H37N3O4S/c1-4-6-8-9-10-14-17-27-26(33)28-23-21(25(31)32)19(3)22(34-23)24(30)29(18-7-5-2)20-15-12-11-13-16-20/h11-13,15-16H,4-10,14,17-18H2,1-3H3,(H,31,32)(H2,27,28,33). The van der Waals surface area contributed by atoms with Crippen LogP contribution in [0.15, 0.2) is 30.3 Å². The van der Waals surface area contributed by atoms with E-state index in [1.165, 1.54) is 19.3 Å². The second kappa shape index (κ2) is 14.4. The van der Waals surface area contributed by atoms with Crippen molar-refractivity contribution in [3.05, 3.63) is 46.3 Å². The highest BCUT2D eigenvalue weighted by atomic mass is 32.1. The van der Waals surface area contributed by atoms with Crippen LogP contribution in [0.3, 0.4) is 0 Å². The molecule has 0 radical (unpaired) electrons. The summed E-state index contributed by atoms with van der Waals surface area (Å²) in [6, 6.07) is 8.89. The maximum absolute atomic E-state index is 13.5. The molecule has 0 unspecified atom stereocenters. The van der Waals surface area contributed by atoms with Crippen molar-refractivity contribution in [3.8, 4) is 0 Å². The Morgan fingerprint density at radius 3 is 2.24 bits per heavy atom. The number of unbranched alkanes of at least 4 members (excludes halogenated alkanes) is 6. The second-order valence-corrected chi connectivity index (χ2v) is 9.38. The highest BCUT2D eigenvalue weighted by Gasteiger charge is 2.28. The van der Waals surface area contributed by atoms with Gasteiger partial charge in [0.2, 0.25) is 0 Å². The molecule has 0 atom stereocenters. The van der Waals surface area contributed by atoms with Gasteiger partial charge in [-0.3, -0.25) is 10.1 Å². The smallest absolute Gasteiger partial charge is 0.339 e. The molecule has 7 nitrogen and oxygen atoms in total. The first-order valence-corrected chi connectivity index (χ1v) is 13.0. The zero-order valence-electron chi connectivity index (χ0n) is 20.5. The molecular formula is C26H37N3O4S. The Labute approximate surface area is 206 Å². The van der Waals surface area contributed by atoms with Crippen molar-refractivity contribution in [1.82, 2.24) is 5.32 Å². The molecule has 0 aliphatic heterocycles. The molecule has 0 fully saturated rings. The summed E-state index contributed by atoms with van der Waals surface area (Å²) in [5.74, 6) is -1.43. The van der Waals surface area contributed by atoms with Crippen molar-refractivity contribution in [1.29, 1.82) is 0 Å². The third-order valence-electron chi connectivity index (χ3n) is 5.65. The van der Waals surface area contributed by atoms with Crippen molar-refractivity contribution in [2.45, 2.75) is 72.1 Å². The molecule has 0 saturated heterocycles. The molecule has 0 spiro atoms. The number of aromatic carboxylic acids is 1. The van der Waals surface area contributed by atoms with Crippen LogP contribution in [0.1, 0.15) is 90.8 Å². The van der Waals surface area contributed by atoms with Gasteiger partial charge in [0.05, 0.1) is 10.4 Å². The van der Waals surface area contributed by atoms with E-state index in [-0.39, 0.29) is 16.5 Å². The second-order valence-electron chi connectivity index (χ2n) is 8.36. The number of carboxylic acids is 1. The summed E-state index contributed by atoms with van der Waals surface area (Å²) < 4.78 is 0. The molecular weight excluding hydrogens is 450 g/mol. The van der Waals surface area contributed by atoms with E-state index in [0.29, 0.717) is 23.5 Å². The Hall–Kier alpha value is -2.87. The van der Waals surface area contributed by atoms with Crippen LogP contribution in [-0.4, -0.2) is 36.1 Å². The number of nitrogens with one attached hydrogen (secondary N) is 2. The number of thiophene rings is 1. The third-order valence-corrected chi connectivity index (χ3v) is 6.84. The molecule has 0 bridgehead atoms. The van der Waals surface area contributed by atoms with Crippen LogP contribution < -0.4 is 15.5 Å². The lowest BCUT2D eigenvalue weighted by molar-refractivity contribution is 0.0697. The lowest BCUT2D eigenvalue weighted by atomic mass is 10.1. The zero-order chi connectivity index (χ0) is 24.9. The minimum absolute atomic E-state index is 0.0356. The zero-order valence-corrected chi connectivity index (χ0v) is 21.3. The predicted molar refractivity (Wildman–Crippen MR) is 139 cm³/mol. The monoisotopic (exact) mass is 487 g/mol. The van der Waals surface area contributed by atoms with Crippen molar-refractivity contribution < 1.29 is 19.5 Å². The number of carbonyl (C=O) groups is 3. The van der Waals surface area contributed by atoms with Gasteiger partial charge in [-0.05, 0) is 37.5 Å². The molecule has 2 aromatic rings. The van der Waals surface area contributed by atoms with E-state index in [9.17, 15) is 19.5 Å². The summed E-state index contributed by atoms with van der Waals surface area (Å²) >= 11 is 1.02. The first-order chi connectivity index (χ1) is 16.4. The van der Waals surface area contributed by atoms with Crippen LogP contribution in [0.4, 0.5) is 15.5 Å². The number of hydrogen-bond acceptors (Lipinski definition) is 4. The summed E-state index contributed by atoms with van der Waals surface area (Å²) in [4.78, 5) is 39.9. The van der Waals surface area contributed by atoms with Crippen molar-refractivity contribution in [2.24, 2.45) is 0 Å². The Balaban J connectivity index is 2.14. The molecule has 2 rings (SSSR count). The Kier molecular flexibility index (Phi) is 11.6. The molecule has 1 aromatic heterocycles. The fraction of sp³-hybridized carbons (Fsp3) is 0.500. The molecule has 0 aliphatic carbocycles. The summed E-state index contributed by atoms with van der Waals surface area (Å²) in [6.45, 7) is 6.90. The van der Waals surface area contributed by atoms with E-state index in [1.807, 2.05) is 30.3 Å². The number of anilines is 2. The molecule has 1 heterocycles. The van der Waals surface area contributed by atoms with Crippen molar-refractivity contribution in [3.63, 3.8) is 0 Å². The van der Waals surface area contributed by atoms with Crippen LogP contribution in [0.5, 0.6) is 0 Å². The van der Waals surface area contributed by atoms with Crippen molar-refractivity contribution in [2.75, 3.05) is 23.3 Å². The van der Waals surface area contributed by atoms with Gasteiger partial charge in [-0.25, -0.2) is 9.59 Å². The normalized spacial score (nSPS) is 10.7. The number of nitrogens with zero attached hydrogens (tertiary/aromatic N) is 1. The SMILES string of the molecule is CCCCCCCCNC(=O)Nc1sc(C(=O)N(CCCC)c2ccccc2)c(C)c1C(=O)O. The topological polar surface area (TPSA) is 98.7 Å². The third kappa shape index (κ3) is 7.87. The van der Waals surface area contributed by atoms with Crippen LogP contribution >= 0.6 is 11.3 Å². The fourth-order valence-corrected chi connectivity index (χ4v) is 4.86. The number of carboxylic acid groups (broad SMARTS) is 1. The minimum atomic E-state index is -1.17. The minimum Gasteiger partial charge on any atom is -0.478 e. The van der Waals surface area contributed by atoms with E-state index in [4.69, 9.17) is 0 Å². The number of para-hydroxylation sites is 1. The summed E-state index contributed by atoms with van der Waals surface area (Å²) in [5.41, 5.74) is 1.09. The predicted octanol–water partition coefficient (Wildman–Crippen LogP) is 6.68. The van der Waals surface area contributed by atoms with Gasteiger partial charge in [-0.2, -0.15) is 0 Å². The largest absolute Gasteiger partial charge is 0.478 e. The maximum atomic E-state index is 13.5. The summed E-state index contributed by atoms with van der Waals surface area (Å²) in [6.07, 6.45) is 8.43. The molecule has 186 valence electrons. The number of benzene rings is 1. The summed E-state index contributed by atoms with van der Waals surface area (Å²) in [7, 11) is 0. The first-order valence-electron chi connectivity index (χ1n) is 12.2. The lowest BCUT2D eigenvalue weighted by Gasteiger charge is -2.22. The average Bonchev–Trinajstić information content (AvgIpc) is 3.15. The number of amides is 3. The maximum Gasteiger partial charge on any atom is 0.339 e. The Bertz CT molecular complexity index is 943. The molecule has 3 amide bonds. The van der Waals surface area contributed by atoms with Gasteiger partial charge in [0.25, 0.3) is 5.91 Å². The molecule has 8 heteroatoms. The van der Waals surface area contributed by atoms with Crippen molar-refractivity contribution >= 4 is 39.9 Å². The number of carbonyl (C=O) groups excluding carboxylic acids is 2. The highest BCUT2D eigenvalue weighted by molar-refractivity contribution is 7.19. The van der Waals surface area contributed by atoms with E-state index in [2.05, 4.69) is 24.5 Å². The van der Waals surface area contributed by atoms with Gasteiger partial charge < -0.3 is 15.3 Å². The van der Waals surface area contributed by atoms with Gasteiger partial charge in [0.1, 0.15) is 5.00 Å². The Morgan fingerprint density at radius 2 is 1.59 bits per heavy atom. The van der Waals surface area contributed by atoms with Crippen LogP contribution in [0.2, 0.25) is 0 Å². The van der Waals surface area contributed by atoms with Crippen LogP contribution in [0, 0.1) is 6.92 Å². The van der Waals surface area contributed by atoms with Crippen LogP contribution in [0.25, 0.3) is 0 Å². The fourth-order valence-electron chi connectivity index (χ4n) is 3.71. The van der Waals surface area contributed by atoms with Crippen LogP contribution in [-0.2, 0) is 0 Å². The van der Waals surface area contributed by atoms with E-state index < -0.39 is 12.0 Å². The van der Waals surface area contributed by atoms with E-state index in [1.54, 1.807) is 11.8 Å². The van der Waals surface area contributed by atoms with Gasteiger partial charge in [0.15, 0.2) is 0 Å². The Morgan fingerprint density at radius 1 is 0.941 bits per heavy atom. The highest BCUT2D eigenvalue weighted by Crippen LogP contribution is 2.35. The number of hydrogen-bond donors (Lipinski definition) is 3. The molecule has 1 aromatic carbocycles. The molecule has 34 heavy (non-hydrogen) atoms. The summed E-state index contributed by atoms with van der Waals surface area (Å²) in [5, 5.41) is 15.4. The van der Waals surface area contributed by atoms with E-state index >= 15 is 0 Å². The first kappa shape index (κ1) is 27.4. The van der Waals surface area contributed by atoms with Gasteiger partial charge in [0, 0.05) is 18.8 Å². The molecule has 0 saturated carbocycles. The van der Waals surface area contributed by atoms with Gasteiger partial charge in [-0.1, -0.05) is 70.6 Å². The molecule has 3 N–H and O–H groups in total. The number of rotatable bonds is 14. The van der Waals surface area contributed by atoms with Gasteiger partial charge in [-0.15, -0.1) is 11.3 Å².